The molecule has 0 aliphatic carbocycles. The minimum absolute atomic E-state index is 0.284. The number of nitrogens with one attached hydrogen (secondary N) is 1. The number of amides is 1. The van der Waals surface area contributed by atoms with E-state index in [2.05, 4.69) is 5.32 Å². The smallest absolute Gasteiger partial charge is 0.245 e. The van der Waals surface area contributed by atoms with Crippen LogP contribution in [0.2, 0.25) is 0 Å². The van der Waals surface area contributed by atoms with E-state index >= 15 is 0 Å². The molecule has 0 heterocycles. The molecule has 0 saturated heterocycles. The average molecular weight is 286 g/mol. The second kappa shape index (κ2) is 6.76. The number of rotatable bonds is 5. The Bertz CT molecular complexity index is 614. The molecule has 0 bridgehead atoms. The van der Waals surface area contributed by atoms with Crippen molar-refractivity contribution in [2.75, 3.05) is 19.5 Å². The van der Waals surface area contributed by atoms with E-state index in [1.165, 1.54) is 0 Å². The second-order valence-corrected chi connectivity index (χ2v) is 4.45. The van der Waals surface area contributed by atoms with Crippen LogP contribution in [0.25, 0.3) is 0 Å². The Morgan fingerprint density at radius 2 is 1.71 bits per heavy atom. The van der Waals surface area contributed by atoms with Crippen molar-refractivity contribution in [2.24, 2.45) is 5.73 Å². The van der Waals surface area contributed by atoms with Gasteiger partial charge in [-0.05, 0) is 17.7 Å². The lowest BCUT2D eigenvalue weighted by atomic mass is 10.1. The number of ether oxygens (including phenoxy) is 2. The van der Waals surface area contributed by atoms with Crippen molar-refractivity contribution in [1.29, 1.82) is 0 Å². The van der Waals surface area contributed by atoms with Crippen LogP contribution in [-0.4, -0.2) is 20.1 Å². The molecule has 2 rings (SSSR count). The van der Waals surface area contributed by atoms with E-state index in [0.717, 1.165) is 5.56 Å². The lowest BCUT2D eigenvalue weighted by molar-refractivity contribution is -0.117. The molecule has 0 radical (unpaired) electrons. The number of carbonyl (C=O) groups excluding carboxylic acids is 1. The maximum atomic E-state index is 12.2. The van der Waals surface area contributed by atoms with Crippen molar-refractivity contribution < 1.29 is 14.3 Å². The summed E-state index contributed by atoms with van der Waals surface area (Å²) in [6.45, 7) is 0. The Hall–Kier alpha value is -2.53. The molecule has 2 aromatic carbocycles. The molecular weight excluding hydrogens is 268 g/mol. The third-order valence-electron chi connectivity index (χ3n) is 3.09. The Morgan fingerprint density at radius 1 is 1.05 bits per heavy atom. The predicted octanol–water partition coefficient (Wildman–Crippen LogP) is 2.34. The number of benzene rings is 2. The molecule has 0 fully saturated rings. The molecule has 21 heavy (non-hydrogen) atoms. The van der Waals surface area contributed by atoms with Gasteiger partial charge in [0.2, 0.25) is 5.91 Å². The summed E-state index contributed by atoms with van der Waals surface area (Å²) in [4.78, 5) is 12.2. The van der Waals surface area contributed by atoms with Crippen LogP contribution in [0.1, 0.15) is 11.6 Å². The Labute approximate surface area is 123 Å². The van der Waals surface area contributed by atoms with Gasteiger partial charge in [0.1, 0.15) is 6.04 Å². The van der Waals surface area contributed by atoms with Gasteiger partial charge >= 0.3 is 0 Å². The average Bonchev–Trinajstić information content (AvgIpc) is 2.54. The van der Waals surface area contributed by atoms with Crippen molar-refractivity contribution in [3.63, 3.8) is 0 Å². The topological polar surface area (TPSA) is 73.6 Å². The van der Waals surface area contributed by atoms with Crippen LogP contribution in [-0.2, 0) is 4.79 Å². The van der Waals surface area contributed by atoms with Crippen LogP contribution < -0.4 is 20.5 Å². The van der Waals surface area contributed by atoms with E-state index < -0.39 is 6.04 Å². The van der Waals surface area contributed by atoms with Gasteiger partial charge in [-0.15, -0.1) is 0 Å². The van der Waals surface area contributed by atoms with Crippen molar-refractivity contribution in [1.82, 2.24) is 0 Å². The summed E-state index contributed by atoms with van der Waals surface area (Å²) < 4.78 is 10.3. The fraction of sp³-hybridized carbons (Fsp3) is 0.188. The Morgan fingerprint density at radius 3 is 2.33 bits per heavy atom. The molecule has 1 amide bonds. The van der Waals surface area contributed by atoms with E-state index in [-0.39, 0.29) is 5.91 Å². The zero-order chi connectivity index (χ0) is 15.2. The van der Waals surface area contributed by atoms with Gasteiger partial charge in [0.05, 0.1) is 14.2 Å². The van der Waals surface area contributed by atoms with E-state index in [9.17, 15) is 4.79 Å². The number of hydrogen-bond donors (Lipinski definition) is 2. The molecule has 2 aromatic rings. The lowest BCUT2D eigenvalue weighted by Crippen LogP contribution is -2.27. The van der Waals surface area contributed by atoms with Crippen LogP contribution in [0.15, 0.2) is 48.5 Å². The molecule has 0 unspecified atom stereocenters. The first-order valence-corrected chi connectivity index (χ1v) is 6.49. The maximum Gasteiger partial charge on any atom is 0.245 e. The Balaban J connectivity index is 2.12. The third kappa shape index (κ3) is 3.52. The van der Waals surface area contributed by atoms with Crippen molar-refractivity contribution in [2.45, 2.75) is 6.04 Å². The molecular formula is C16H18N2O3. The van der Waals surface area contributed by atoms with Crippen LogP contribution in [0.4, 0.5) is 5.69 Å². The highest BCUT2D eigenvalue weighted by Crippen LogP contribution is 2.30. The maximum absolute atomic E-state index is 12.2. The fourth-order valence-corrected chi connectivity index (χ4v) is 1.95. The highest BCUT2D eigenvalue weighted by atomic mass is 16.5. The van der Waals surface area contributed by atoms with Crippen LogP contribution >= 0.6 is 0 Å². The van der Waals surface area contributed by atoms with Gasteiger partial charge in [-0.3, -0.25) is 4.79 Å². The van der Waals surface area contributed by atoms with Gasteiger partial charge in [0.15, 0.2) is 11.5 Å². The normalized spacial score (nSPS) is 11.6. The molecule has 0 aliphatic heterocycles. The molecule has 1 atom stereocenters. The highest BCUT2D eigenvalue weighted by molar-refractivity contribution is 5.95. The fourth-order valence-electron chi connectivity index (χ4n) is 1.95. The molecule has 0 spiro atoms. The molecule has 0 aromatic heterocycles. The van der Waals surface area contributed by atoms with Crippen LogP contribution in [0.3, 0.4) is 0 Å². The van der Waals surface area contributed by atoms with Gasteiger partial charge < -0.3 is 20.5 Å². The summed E-state index contributed by atoms with van der Waals surface area (Å²) in [6, 6.07) is 13.6. The van der Waals surface area contributed by atoms with Gasteiger partial charge in [-0.2, -0.15) is 0 Å². The van der Waals surface area contributed by atoms with Crippen LogP contribution in [0.5, 0.6) is 11.5 Å². The molecule has 5 heteroatoms. The minimum atomic E-state index is -0.723. The van der Waals surface area contributed by atoms with E-state index in [0.29, 0.717) is 17.2 Å². The standard InChI is InChI=1S/C16H18N2O3/c1-20-13-9-8-12(10-14(13)21-2)18-16(19)15(17)11-6-4-3-5-7-11/h3-10,15H,17H2,1-2H3,(H,18,19)/t15-/m0/s1. The second-order valence-electron chi connectivity index (χ2n) is 4.45. The summed E-state index contributed by atoms with van der Waals surface area (Å²) in [7, 11) is 3.10. The zero-order valence-corrected chi connectivity index (χ0v) is 12.0. The summed E-state index contributed by atoms with van der Waals surface area (Å²) in [5.74, 6) is 0.861. The van der Waals surface area contributed by atoms with E-state index in [1.807, 2.05) is 30.3 Å². The predicted molar refractivity (Wildman–Crippen MR) is 81.5 cm³/mol. The van der Waals surface area contributed by atoms with E-state index in [4.69, 9.17) is 15.2 Å². The summed E-state index contributed by atoms with van der Waals surface area (Å²) in [6.07, 6.45) is 0. The van der Waals surface area contributed by atoms with Crippen molar-refractivity contribution in [3.8, 4) is 11.5 Å². The van der Waals surface area contributed by atoms with Crippen molar-refractivity contribution in [3.05, 3.63) is 54.1 Å². The monoisotopic (exact) mass is 286 g/mol. The minimum Gasteiger partial charge on any atom is -0.493 e. The lowest BCUT2D eigenvalue weighted by Gasteiger charge is -2.14. The number of hydrogen-bond acceptors (Lipinski definition) is 4. The SMILES string of the molecule is COc1ccc(NC(=O)[C@@H](N)c2ccccc2)cc1OC. The van der Waals surface area contributed by atoms with Gasteiger partial charge in [0, 0.05) is 11.8 Å². The quantitative estimate of drug-likeness (QED) is 0.884. The number of anilines is 1. The molecule has 110 valence electrons. The van der Waals surface area contributed by atoms with Gasteiger partial charge in [-0.1, -0.05) is 30.3 Å². The first-order valence-electron chi connectivity index (χ1n) is 6.49. The summed E-state index contributed by atoms with van der Waals surface area (Å²) in [5.41, 5.74) is 7.31. The Kier molecular flexibility index (Phi) is 4.79. The largest absolute Gasteiger partial charge is 0.493 e. The summed E-state index contributed by atoms with van der Waals surface area (Å²) >= 11 is 0. The molecule has 0 saturated carbocycles. The highest BCUT2D eigenvalue weighted by Gasteiger charge is 2.16. The molecule has 3 N–H and O–H groups in total. The first-order chi connectivity index (χ1) is 10.2. The van der Waals surface area contributed by atoms with E-state index in [1.54, 1.807) is 32.4 Å². The zero-order valence-electron chi connectivity index (χ0n) is 12.0. The third-order valence-corrected chi connectivity index (χ3v) is 3.09. The number of carbonyl (C=O) groups is 1. The van der Waals surface area contributed by atoms with Crippen molar-refractivity contribution >= 4 is 11.6 Å². The number of nitrogens with two attached hydrogens (primary N) is 1. The number of methoxy groups -OCH3 is 2. The molecule has 5 nitrogen and oxygen atoms in total. The van der Waals surface area contributed by atoms with Gasteiger partial charge in [0.25, 0.3) is 0 Å². The summed E-state index contributed by atoms with van der Waals surface area (Å²) in [5, 5.41) is 2.77. The first kappa shape index (κ1) is 14.9. The van der Waals surface area contributed by atoms with Gasteiger partial charge in [-0.25, -0.2) is 0 Å². The molecule has 0 aliphatic rings. The van der Waals surface area contributed by atoms with Crippen LogP contribution in [0, 0.1) is 0 Å².